The number of hydrogen-bond donors (Lipinski definition) is 3. The molecule has 1 unspecified atom stereocenters. The lowest BCUT2D eigenvalue weighted by molar-refractivity contribution is -0.120. The Labute approximate surface area is 124 Å². The predicted octanol–water partition coefficient (Wildman–Crippen LogP) is 0.684. The molecule has 4 N–H and O–H groups in total. The van der Waals surface area contributed by atoms with Crippen molar-refractivity contribution < 1.29 is 14.3 Å². The Morgan fingerprint density at radius 3 is 2.67 bits per heavy atom. The maximum absolute atomic E-state index is 11.8. The maximum Gasteiger partial charge on any atom is 0.251 e. The summed E-state index contributed by atoms with van der Waals surface area (Å²) in [5, 5.41) is 5.35. The van der Waals surface area contributed by atoms with Gasteiger partial charge in [0.15, 0.2) is 0 Å². The zero-order valence-corrected chi connectivity index (χ0v) is 11.9. The normalized spacial score (nSPS) is 17.4. The molecule has 1 aromatic rings. The quantitative estimate of drug-likeness (QED) is 0.672. The van der Waals surface area contributed by atoms with E-state index in [9.17, 15) is 9.59 Å². The molecule has 1 heterocycles. The maximum atomic E-state index is 11.8. The molecule has 0 spiro atoms. The number of nitrogen functional groups attached to an aromatic ring is 1. The smallest absolute Gasteiger partial charge is 0.251 e. The average Bonchev–Trinajstić information content (AvgIpc) is 2.99. The largest absolute Gasteiger partial charge is 0.399 e. The van der Waals surface area contributed by atoms with Crippen LogP contribution in [-0.4, -0.2) is 37.6 Å². The Kier molecular flexibility index (Phi) is 5.57. The number of carbonyl (C=O) groups excluding carboxylic acids is 2. The van der Waals surface area contributed by atoms with E-state index in [1.165, 1.54) is 0 Å². The summed E-state index contributed by atoms with van der Waals surface area (Å²) in [6, 6.07) is 6.55. The molecule has 2 rings (SSSR count). The van der Waals surface area contributed by atoms with Crippen molar-refractivity contribution in [2.45, 2.75) is 25.4 Å². The molecule has 2 amide bonds. The van der Waals surface area contributed by atoms with Gasteiger partial charge in [-0.15, -0.1) is 0 Å². The Hall–Kier alpha value is -2.08. The van der Waals surface area contributed by atoms with Crippen molar-refractivity contribution in [3.8, 4) is 0 Å². The van der Waals surface area contributed by atoms with E-state index in [0.29, 0.717) is 17.8 Å². The fourth-order valence-corrected chi connectivity index (χ4v) is 2.20. The number of nitrogens with two attached hydrogens (primary N) is 1. The number of hydrogen-bond acceptors (Lipinski definition) is 4. The van der Waals surface area contributed by atoms with Crippen LogP contribution in [0.4, 0.5) is 5.69 Å². The second kappa shape index (κ2) is 7.64. The lowest BCUT2D eigenvalue weighted by atomic mass is 10.2. The van der Waals surface area contributed by atoms with E-state index in [4.69, 9.17) is 10.5 Å². The van der Waals surface area contributed by atoms with Crippen LogP contribution in [-0.2, 0) is 9.53 Å². The summed E-state index contributed by atoms with van der Waals surface area (Å²) in [5.74, 6) is -0.485. The van der Waals surface area contributed by atoms with Crippen LogP contribution in [0.3, 0.4) is 0 Å². The van der Waals surface area contributed by atoms with Crippen LogP contribution < -0.4 is 16.4 Å². The van der Waals surface area contributed by atoms with Gasteiger partial charge in [0.05, 0.1) is 12.6 Å². The van der Waals surface area contributed by atoms with E-state index in [-0.39, 0.29) is 24.5 Å². The molecule has 1 saturated heterocycles. The number of carbonyl (C=O) groups is 2. The molecular formula is C15H21N3O3. The van der Waals surface area contributed by atoms with Crippen molar-refractivity contribution in [1.29, 1.82) is 0 Å². The second-order valence-corrected chi connectivity index (χ2v) is 5.08. The van der Waals surface area contributed by atoms with Gasteiger partial charge in [-0.25, -0.2) is 0 Å². The van der Waals surface area contributed by atoms with E-state index in [0.717, 1.165) is 25.9 Å². The highest BCUT2D eigenvalue weighted by molar-refractivity contribution is 5.96. The molecule has 1 fully saturated rings. The predicted molar refractivity (Wildman–Crippen MR) is 79.8 cm³/mol. The van der Waals surface area contributed by atoms with Gasteiger partial charge >= 0.3 is 0 Å². The monoisotopic (exact) mass is 291 g/mol. The van der Waals surface area contributed by atoms with E-state index < -0.39 is 0 Å². The third kappa shape index (κ3) is 5.07. The van der Waals surface area contributed by atoms with E-state index in [1.54, 1.807) is 24.3 Å². The summed E-state index contributed by atoms with van der Waals surface area (Å²) in [7, 11) is 0. The number of rotatable bonds is 6. The number of ether oxygens (including phenoxy) is 1. The first-order valence-electron chi connectivity index (χ1n) is 7.17. The molecular weight excluding hydrogens is 270 g/mol. The number of benzene rings is 1. The molecule has 1 aromatic carbocycles. The lowest BCUT2D eigenvalue weighted by Crippen LogP contribution is -2.37. The average molecular weight is 291 g/mol. The van der Waals surface area contributed by atoms with Gasteiger partial charge in [-0.05, 0) is 43.5 Å². The summed E-state index contributed by atoms with van der Waals surface area (Å²) in [6.45, 7) is 1.35. The van der Waals surface area contributed by atoms with Crippen LogP contribution in [0.15, 0.2) is 24.3 Å². The molecule has 21 heavy (non-hydrogen) atoms. The van der Waals surface area contributed by atoms with Crippen LogP contribution in [0, 0.1) is 0 Å². The fraction of sp³-hybridized carbons (Fsp3) is 0.467. The molecule has 6 heteroatoms. The summed E-state index contributed by atoms with van der Waals surface area (Å²) in [4.78, 5) is 23.4. The summed E-state index contributed by atoms with van der Waals surface area (Å²) >= 11 is 0. The summed E-state index contributed by atoms with van der Waals surface area (Å²) in [5.41, 5.74) is 6.63. The zero-order chi connectivity index (χ0) is 15.1. The first kappa shape index (κ1) is 15.3. The van der Waals surface area contributed by atoms with Crippen molar-refractivity contribution in [1.82, 2.24) is 10.6 Å². The number of amides is 2. The van der Waals surface area contributed by atoms with Crippen LogP contribution in [0.25, 0.3) is 0 Å². The molecule has 114 valence electrons. The Bertz CT molecular complexity index is 481. The molecule has 1 atom stereocenters. The summed E-state index contributed by atoms with van der Waals surface area (Å²) < 4.78 is 5.47. The molecule has 1 aliphatic rings. The van der Waals surface area contributed by atoms with Crippen LogP contribution in [0.5, 0.6) is 0 Å². The van der Waals surface area contributed by atoms with Crippen molar-refractivity contribution in [2.24, 2.45) is 0 Å². The molecule has 0 aromatic heterocycles. The highest BCUT2D eigenvalue weighted by Crippen LogP contribution is 2.14. The van der Waals surface area contributed by atoms with E-state index >= 15 is 0 Å². The van der Waals surface area contributed by atoms with Gasteiger partial charge in [0, 0.05) is 24.4 Å². The van der Waals surface area contributed by atoms with Crippen LogP contribution in [0.1, 0.15) is 29.6 Å². The molecule has 0 radical (unpaired) electrons. The first-order valence-corrected chi connectivity index (χ1v) is 7.17. The van der Waals surface area contributed by atoms with E-state index in [1.807, 2.05) is 0 Å². The SMILES string of the molecule is Nc1ccc(C(=O)NCC(=O)NCCC2CCCO2)cc1. The van der Waals surface area contributed by atoms with Crippen molar-refractivity contribution in [3.05, 3.63) is 29.8 Å². The third-order valence-corrected chi connectivity index (χ3v) is 3.39. The molecule has 0 aliphatic carbocycles. The molecule has 0 bridgehead atoms. The minimum Gasteiger partial charge on any atom is -0.399 e. The van der Waals surface area contributed by atoms with Gasteiger partial charge in [-0.3, -0.25) is 9.59 Å². The standard InChI is InChI=1S/C15H21N3O3/c16-12-5-3-11(4-6-12)15(20)18-10-14(19)17-8-7-13-2-1-9-21-13/h3-6,13H,1-2,7-10,16H2,(H,17,19)(H,18,20). The van der Waals surface area contributed by atoms with Gasteiger partial charge < -0.3 is 21.1 Å². The summed E-state index contributed by atoms with van der Waals surface area (Å²) in [6.07, 6.45) is 3.23. The van der Waals surface area contributed by atoms with Gasteiger partial charge in [-0.2, -0.15) is 0 Å². The topological polar surface area (TPSA) is 93.5 Å². The van der Waals surface area contributed by atoms with Gasteiger partial charge in [-0.1, -0.05) is 0 Å². The van der Waals surface area contributed by atoms with E-state index in [2.05, 4.69) is 10.6 Å². The highest BCUT2D eigenvalue weighted by Gasteiger charge is 2.15. The van der Waals surface area contributed by atoms with Crippen molar-refractivity contribution >= 4 is 17.5 Å². The number of nitrogens with one attached hydrogen (secondary N) is 2. The number of anilines is 1. The minimum atomic E-state index is -0.288. The Morgan fingerprint density at radius 2 is 2.00 bits per heavy atom. The van der Waals surface area contributed by atoms with Crippen molar-refractivity contribution in [3.63, 3.8) is 0 Å². The van der Waals surface area contributed by atoms with Crippen LogP contribution >= 0.6 is 0 Å². The van der Waals surface area contributed by atoms with Gasteiger partial charge in [0.2, 0.25) is 5.91 Å². The second-order valence-electron chi connectivity index (χ2n) is 5.08. The van der Waals surface area contributed by atoms with Gasteiger partial charge in [0.25, 0.3) is 5.91 Å². The molecule has 0 saturated carbocycles. The fourth-order valence-electron chi connectivity index (χ4n) is 2.20. The third-order valence-electron chi connectivity index (χ3n) is 3.39. The first-order chi connectivity index (χ1) is 10.1. The lowest BCUT2D eigenvalue weighted by Gasteiger charge is -2.10. The Balaban J connectivity index is 1.63. The molecule has 1 aliphatic heterocycles. The minimum absolute atomic E-state index is 0.0330. The zero-order valence-electron chi connectivity index (χ0n) is 11.9. The Morgan fingerprint density at radius 1 is 1.24 bits per heavy atom. The van der Waals surface area contributed by atoms with Crippen LogP contribution in [0.2, 0.25) is 0 Å². The molecule has 6 nitrogen and oxygen atoms in total. The highest BCUT2D eigenvalue weighted by atomic mass is 16.5. The van der Waals surface area contributed by atoms with Gasteiger partial charge in [0.1, 0.15) is 0 Å². The van der Waals surface area contributed by atoms with Crippen molar-refractivity contribution in [2.75, 3.05) is 25.4 Å².